The summed E-state index contributed by atoms with van der Waals surface area (Å²) in [6, 6.07) is 9.29. The fourth-order valence-electron chi connectivity index (χ4n) is 2.68. The van der Waals surface area contributed by atoms with Crippen LogP contribution in [0, 0.1) is 19.7 Å². The van der Waals surface area contributed by atoms with E-state index < -0.39 is 5.82 Å². The van der Waals surface area contributed by atoms with Crippen LogP contribution >= 0.6 is 11.3 Å². The lowest BCUT2D eigenvalue weighted by Gasteiger charge is -2.08. The minimum Gasteiger partial charge on any atom is -0.354 e. The van der Waals surface area contributed by atoms with Crippen LogP contribution in [0.5, 0.6) is 0 Å². The Kier molecular flexibility index (Phi) is 5.75. The van der Waals surface area contributed by atoms with Crippen molar-refractivity contribution in [3.63, 3.8) is 0 Å². The molecule has 0 spiro atoms. The van der Waals surface area contributed by atoms with Gasteiger partial charge in [0.2, 0.25) is 5.91 Å². The molecule has 1 N–H and O–H groups in total. The quantitative estimate of drug-likeness (QED) is 0.706. The van der Waals surface area contributed by atoms with Gasteiger partial charge >= 0.3 is 0 Å². The van der Waals surface area contributed by atoms with Gasteiger partial charge in [-0.1, -0.05) is 18.2 Å². The molecule has 140 valence electrons. The van der Waals surface area contributed by atoms with E-state index in [0.717, 1.165) is 15.6 Å². The van der Waals surface area contributed by atoms with Crippen molar-refractivity contribution < 1.29 is 9.18 Å². The Morgan fingerprint density at radius 1 is 1.22 bits per heavy atom. The van der Waals surface area contributed by atoms with E-state index in [-0.39, 0.29) is 31.0 Å². The van der Waals surface area contributed by atoms with E-state index in [1.165, 1.54) is 28.2 Å². The molecular weight excluding hydrogens is 367 g/mol. The van der Waals surface area contributed by atoms with Crippen molar-refractivity contribution in [1.29, 1.82) is 0 Å². The number of benzene rings is 1. The van der Waals surface area contributed by atoms with Crippen molar-refractivity contribution in [3.05, 3.63) is 68.8 Å². The zero-order valence-electron chi connectivity index (χ0n) is 15.0. The van der Waals surface area contributed by atoms with Gasteiger partial charge in [-0.3, -0.25) is 9.59 Å². The molecule has 3 rings (SSSR count). The van der Waals surface area contributed by atoms with Crippen LogP contribution in [0.25, 0.3) is 10.6 Å². The van der Waals surface area contributed by atoms with Crippen molar-refractivity contribution in [2.24, 2.45) is 0 Å². The number of carbonyl (C=O) groups is 1. The molecule has 0 aliphatic carbocycles. The van der Waals surface area contributed by atoms with Gasteiger partial charge in [0.1, 0.15) is 11.5 Å². The van der Waals surface area contributed by atoms with E-state index in [1.54, 1.807) is 24.3 Å². The predicted octanol–water partition coefficient (Wildman–Crippen LogP) is 2.48. The van der Waals surface area contributed by atoms with Crippen LogP contribution in [-0.2, 0) is 17.8 Å². The number of aromatic nitrogens is 3. The third-order valence-electron chi connectivity index (χ3n) is 3.96. The molecule has 0 atom stereocenters. The average Bonchev–Trinajstić information content (AvgIpc) is 2.97. The number of hydrogen-bond donors (Lipinski definition) is 1. The number of aryl methyl sites for hydroxylation is 2. The zero-order chi connectivity index (χ0) is 19.4. The molecule has 2 aromatic heterocycles. The van der Waals surface area contributed by atoms with Crippen LogP contribution in [-0.4, -0.2) is 27.2 Å². The van der Waals surface area contributed by atoms with Crippen LogP contribution in [0.2, 0.25) is 0 Å². The van der Waals surface area contributed by atoms with E-state index in [9.17, 15) is 14.0 Å². The zero-order valence-corrected chi connectivity index (χ0v) is 15.8. The monoisotopic (exact) mass is 386 g/mol. The fraction of sp³-hybridized carbons (Fsp3) is 0.263. The molecule has 0 radical (unpaired) electrons. The minimum atomic E-state index is -0.409. The third kappa shape index (κ3) is 4.65. The second-order valence-corrected chi connectivity index (χ2v) is 7.25. The van der Waals surface area contributed by atoms with Gasteiger partial charge in [0.15, 0.2) is 0 Å². The summed E-state index contributed by atoms with van der Waals surface area (Å²) < 4.78 is 14.9. The lowest BCUT2D eigenvalue weighted by Crippen LogP contribution is -2.32. The molecule has 6 nitrogen and oxygen atoms in total. The number of hydrogen-bond acceptors (Lipinski definition) is 5. The average molecular weight is 386 g/mol. The summed E-state index contributed by atoms with van der Waals surface area (Å²) in [6.45, 7) is 4.28. The van der Waals surface area contributed by atoms with Crippen LogP contribution in [0.4, 0.5) is 4.39 Å². The first-order chi connectivity index (χ1) is 12.9. The van der Waals surface area contributed by atoms with Gasteiger partial charge in [-0.15, -0.1) is 11.3 Å². The standard InChI is InChI=1S/C19H19FN4O2S/c1-12-19(27-13(2)22-12)16-7-8-18(26)24(23-16)10-9-21-17(25)11-14-5-3-4-6-15(14)20/h3-8H,9-11H2,1-2H3,(H,21,25). The van der Waals surface area contributed by atoms with Gasteiger partial charge < -0.3 is 5.32 Å². The van der Waals surface area contributed by atoms with Crippen molar-refractivity contribution in [2.75, 3.05) is 6.54 Å². The Bertz CT molecular complexity index is 1030. The minimum absolute atomic E-state index is 0.0472. The summed E-state index contributed by atoms with van der Waals surface area (Å²) in [7, 11) is 0. The number of thiazole rings is 1. The van der Waals surface area contributed by atoms with Crippen molar-refractivity contribution in [1.82, 2.24) is 20.1 Å². The number of amides is 1. The number of rotatable bonds is 6. The first kappa shape index (κ1) is 18.9. The van der Waals surface area contributed by atoms with E-state index in [0.29, 0.717) is 11.3 Å². The fourth-order valence-corrected chi connectivity index (χ4v) is 3.56. The molecule has 0 bridgehead atoms. The largest absolute Gasteiger partial charge is 0.354 e. The van der Waals surface area contributed by atoms with Gasteiger partial charge in [-0.2, -0.15) is 5.10 Å². The van der Waals surface area contributed by atoms with Crippen LogP contribution in [0.1, 0.15) is 16.3 Å². The number of nitrogens with zero attached hydrogens (tertiary/aromatic N) is 3. The topological polar surface area (TPSA) is 76.9 Å². The first-order valence-electron chi connectivity index (χ1n) is 8.46. The Hall–Kier alpha value is -2.87. The molecule has 2 heterocycles. The summed E-state index contributed by atoms with van der Waals surface area (Å²) >= 11 is 1.52. The molecular formula is C19H19FN4O2S. The van der Waals surface area contributed by atoms with Crippen LogP contribution < -0.4 is 10.9 Å². The number of nitrogens with one attached hydrogen (secondary N) is 1. The highest BCUT2D eigenvalue weighted by molar-refractivity contribution is 7.15. The summed E-state index contributed by atoms with van der Waals surface area (Å²) in [4.78, 5) is 29.3. The number of carbonyl (C=O) groups excluding carboxylic acids is 1. The Morgan fingerprint density at radius 3 is 2.70 bits per heavy atom. The second-order valence-electron chi connectivity index (χ2n) is 6.05. The van der Waals surface area contributed by atoms with Gasteiger partial charge in [0.05, 0.1) is 28.5 Å². The summed E-state index contributed by atoms with van der Waals surface area (Å²) in [5, 5.41) is 8.00. The van der Waals surface area contributed by atoms with Crippen molar-refractivity contribution >= 4 is 17.2 Å². The molecule has 0 saturated heterocycles. The van der Waals surface area contributed by atoms with E-state index in [1.807, 2.05) is 13.8 Å². The molecule has 0 aliphatic heterocycles. The smallest absolute Gasteiger partial charge is 0.266 e. The molecule has 0 aliphatic rings. The maximum Gasteiger partial charge on any atom is 0.266 e. The number of halogens is 1. The van der Waals surface area contributed by atoms with Gasteiger partial charge in [0.25, 0.3) is 5.56 Å². The maximum absolute atomic E-state index is 13.6. The van der Waals surface area contributed by atoms with E-state index in [4.69, 9.17) is 0 Å². The summed E-state index contributed by atoms with van der Waals surface area (Å²) in [5.74, 6) is -0.716. The second kappa shape index (κ2) is 8.22. The SMILES string of the molecule is Cc1nc(C)c(-c2ccc(=O)n(CCNC(=O)Cc3ccccc3F)n2)s1. The lowest BCUT2D eigenvalue weighted by molar-refractivity contribution is -0.120. The molecule has 0 fully saturated rings. The highest BCUT2D eigenvalue weighted by Gasteiger charge is 2.11. The lowest BCUT2D eigenvalue weighted by atomic mass is 10.1. The molecule has 27 heavy (non-hydrogen) atoms. The Labute approximate surface area is 159 Å². The molecule has 0 unspecified atom stereocenters. The van der Waals surface area contributed by atoms with Crippen molar-refractivity contribution in [2.45, 2.75) is 26.8 Å². The molecule has 1 amide bonds. The summed E-state index contributed by atoms with van der Waals surface area (Å²) in [6.07, 6.45) is -0.0472. The first-order valence-corrected chi connectivity index (χ1v) is 9.28. The molecule has 1 aromatic carbocycles. The van der Waals surface area contributed by atoms with Crippen LogP contribution in [0.3, 0.4) is 0 Å². The van der Waals surface area contributed by atoms with E-state index >= 15 is 0 Å². The highest BCUT2D eigenvalue weighted by atomic mass is 32.1. The Morgan fingerprint density at radius 2 is 2.00 bits per heavy atom. The Balaban J connectivity index is 1.63. The van der Waals surface area contributed by atoms with Gasteiger partial charge in [-0.05, 0) is 31.5 Å². The normalized spacial score (nSPS) is 10.8. The molecule has 3 aromatic rings. The highest BCUT2D eigenvalue weighted by Crippen LogP contribution is 2.27. The maximum atomic E-state index is 13.6. The van der Waals surface area contributed by atoms with Gasteiger partial charge in [-0.25, -0.2) is 14.1 Å². The molecule has 0 saturated carbocycles. The van der Waals surface area contributed by atoms with Crippen LogP contribution in [0.15, 0.2) is 41.2 Å². The van der Waals surface area contributed by atoms with Crippen molar-refractivity contribution in [3.8, 4) is 10.6 Å². The van der Waals surface area contributed by atoms with Gasteiger partial charge in [0, 0.05) is 12.6 Å². The summed E-state index contributed by atoms with van der Waals surface area (Å²) in [5.41, 5.74) is 1.63. The predicted molar refractivity (Wildman–Crippen MR) is 102 cm³/mol. The molecule has 8 heteroatoms. The third-order valence-corrected chi connectivity index (χ3v) is 5.05. The van der Waals surface area contributed by atoms with E-state index in [2.05, 4.69) is 15.4 Å².